The molecular weight excluding hydrogens is 807 g/mol. The Bertz CT molecular complexity index is 3590. The van der Waals surface area contributed by atoms with Gasteiger partial charge in [0.25, 0.3) is 0 Å². The van der Waals surface area contributed by atoms with Crippen LogP contribution in [0, 0.1) is 0 Å². The minimum atomic E-state index is 0.622. The summed E-state index contributed by atoms with van der Waals surface area (Å²) >= 11 is 1.88. The molecule has 0 N–H and O–H groups in total. The number of fused-ring (bicyclic) bond motifs is 4. The van der Waals surface area contributed by atoms with E-state index in [9.17, 15) is 0 Å². The number of rotatable bonds is 8. The van der Waals surface area contributed by atoms with Crippen molar-refractivity contribution in [2.75, 3.05) is 0 Å². The lowest BCUT2D eigenvalue weighted by Gasteiger charge is -2.14. The SMILES string of the molecule is c1ccc(-c2ccccc2-c2nc(-c3ccc(-c4ccc(-c5ccc(-c6cccc7c6sc6ccccc67)c6ccccc56)cc4)cc3)nc(-c3ccccc3-c3ccccc3)n2)cc1. The van der Waals surface area contributed by atoms with E-state index in [-0.39, 0.29) is 0 Å². The van der Waals surface area contributed by atoms with Gasteiger partial charge in [-0.3, -0.25) is 0 Å². The second kappa shape index (κ2) is 16.4. The first-order valence-electron chi connectivity index (χ1n) is 21.9. The predicted molar refractivity (Wildman–Crippen MR) is 274 cm³/mol. The van der Waals surface area contributed by atoms with Crippen LogP contribution < -0.4 is 0 Å². The van der Waals surface area contributed by atoms with Crippen LogP contribution in [0.25, 0.3) is 121 Å². The normalized spacial score (nSPS) is 11.4. The smallest absolute Gasteiger partial charge is 0.164 e. The summed E-state index contributed by atoms with van der Waals surface area (Å²) < 4.78 is 2.65. The molecule has 0 spiro atoms. The first-order chi connectivity index (χ1) is 32.2. The molecule has 0 bridgehead atoms. The van der Waals surface area contributed by atoms with Crippen LogP contribution in [0.4, 0.5) is 0 Å². The fourth-order valence-corrected chi connectivity index (χ4v) is 10.5. The zero-order valence-electron chi connectivity index (χ0n) is 35.3. The number of hydrogen-bond donors (Lipinski definition) is 0. The van der Waals surface area contributed by atoms with E-state index in [4.69, 9.17) is 15.0 Å². The van der Waals surface area contributed by atoms with Crippen LogP contribution in [0.15, 0.2) is 237 Å². The molecule has 0 amide bonds. The van der Waals surface area contributed by atoms with Gasteiger partial charge in [0.15, 0.2) is 17.5 Å². The molecule has 3 nitrogen and oxygen atoms in total. The maximum absolute atomic E-state index is 5.21. The van der Waals surface area contributed by atoms with E-state index < -0.39 is 0 Å². The molecule has 304 valence electrons. The number of thiophene rings is 1. The Labute approximate surface area is 381 Å². The van der Waals surface area contributed by atoms with E-state index in [1.54, 1.807) is 0 Å². The van der Waals surface area contributed by atoms with Crippen molar-refractivity contribution in [3.63, 3.8) is 0 Å². The maximum Gasteiger partial charge on any atom is 0.164 e. The lowest BCUT2D eigenvalue weighted by Crippen LogP contribution is -2.02. The molecule has 2 heterocycles. The van der Waals surface area contributed by atoms with Gasteiger partial charge in [0, 0.05) is 42.4 Å². The van der Waals surface area contributed by atoms with Crippen LogP contribution in [0.5, 0.6) is 0 Å². The van der Waals surface area contributed by atoms with Crippen molar-refractivity contribution < 1.29 is 0 Å². The first kappa shape index (κ1) is 38.4. The molecule has 12 rings (SSSR count). The second-order valence-corrected chi connectivity index (χ2v) is 17.3. The van der Waals surface area contributed by atoms with E-state index in [0.717, 1.165) is 50.1 Å². The number of benzene rings is 10. The third-order valence-electron chi connectivity index (χ3n) is 12.4. The largest absolute Gasteiger partial charge is 0.208 e. The highest BCUT2D eigenvalue weighted by atomic mass is 32.1. The molecule has 65 heavy (non-hydrogen) atoms. The minimum absolute atomic E-state index is 0.622. The fourth-order valence-electron chi connectivity index (χ4n) is 9.24. The monoisotopic (exact) mass is 845 g/mol. The maximum atomic E-state index is 5.21. The summed E-state index contributed by atoms with van der Waals surface area (Å²) in [6.07, 6.45) is 0. The van der Waals surface area contributed by atoms with Crippen LogP contribution in [0.2, 0.25) is 0 Å². The fraction of sp³-hybridized carbons (Fsp3) is 0. The summed E-state index contributed by atoms with van der Waals surface area (Å²) in [5.74, 6) is 1.88. The topological polar surface area (TPSA) is 38.7 Å². The quantitative estimate of drug-likeness (QED) is 0.153. The van der Waals surface area contributed by atoms with E-state index >= 15 is 0 Å². The highest BCUT2D eigenvalue weighted by Crippen LogP contribution is 2.44. The molecule has 12 aromatic rings. The Balaban J connectivity index is 0.900. The Morgan fingerprint density at radius 1 is 0.215 bits per heavy atom. The van der Waals surface area contributed by atoms with E-state index in [0.29, 0.717) is 17.5 Å². The molecule has 0 unspecified atom stereocenters. The third kappa shape index (κ3) is 7.07. The van der Waals surface area contributed by atoms with Crippen LogP contribution in [0.1, 0.15) is 0 Å². The van der Waals surface area contributed by atoms with Crippen LogP contribution in [-0.4, -0.2) is 15.0 Å². The van der Waals surface area contributed by atoms with Crippen molar-refractivity contribution in [1.82, 2.24) is 15.0 Å². The average molecular weight is 846 g/mol. The van der Waals surface area contributed by atoms with Gasteiger partial charge in [-0.2, -0.15) is 0 Å². The van der Waals surface area contributed by atoms with Crippen molar-refractivity contribution in [2.45, 2.75) is 0 Å². The summed E-state index contributed by atoms with van der Waals surface area (Å²) in [7, 11) is 0. The summed E-state index contributed by atoms with van der Waals surface area (Å²) in [5.41, 5.74) is 14.4. The van der Waals surface area contributed by atoms with Crippen molar-refractivity contribution >= 4 is 42.3 Å². The molecule has 0 aliphatic carbocycles. The van der Waals surface area contributed by atoms with Gasteiger partial charge in [-0.15, -0.1) is 11.3 Å². The first-order valence-corrected chi connectivity index (χ1v) is 22.7. The van der Waals surface area contributed by atoms with Crippen molar-refractivity contribution in [3.05, 3.63) is 237 Å². The summed E-state index contributed by atoms with van der Waals surface area (Å²) in [5, 5.41) is 5.14. The van der Waals surface area contributed by atoms with Crippen molar-refractivity contribution in [2.24, 2.45) is 0 Å². The molecular formula is C61H39N3S. The summed E-state index contributed by atoms with van der Waals surface area (Å²) in [6, 6.07) is 84.0. The molecule has 0 saturated carbocycles. The van der Waals surface area contributed by atoms with E-state index in [2.05, 4.69) is 224 Å². The summed E-state index contributed by atoms with van der Waals surface area (Å²) in [4.78, 5) is 15.6. The van der Waals surface area contributed by atoms with Gasteiger partial charge >= 0.3 is 0 Å². The summed E-state index contributed by atoms with van der Waals surface area (Å²) in [6.45, 7) is 0. The Hall–Kier alpha value is -8.31. The molecule has 0 aliphatic heterocycles. The Morgan fingerprint density at radius 2 is 0.615 bits per heavy atom. The second-order valence-electron chi connectivity index (χ2n) is 16.3. The van der Waals surface area contributed by atoms with Gasteiger partial charge < -0.3 is 0 Å². The van der Waals surface area contributed by atoms with Crippen molar-refractivity contribution in [1.29, 1.82) is 0 Å². The molecule has 10 aromatic carbocycles. The zero-order chi connectivity index (χ0) is 43.1. The van der Waals surface area contributed by atoms with Gasteiger partial charge in [-0.1, -0.05) is 231 Å². The van der Waals surface area contributed by atoms with Crippen molar-refractivity contribution in [3.8, 4) is 89.8 Å². The molecule has 0 aliphatic rings. The van der Waals surface area contributed by atoms with Gasteiger partial charge in [0.1, 0.15) is 0 Å². The molecule has 0 radical (unpaired) electrons. The Kier molecular flexibility index (Phi) is 9.70. The number of hydrogen-bond acceptors (Lipinski definition) is 4. The highest BCUT2D eigenvalue weighted by molar-refractivity contribution is 7.26. The van der Waals surface area contributed by atoms with E-state index in [1.165, 1.54) is 53.2 Å². The third-order valence-corrected chi connectivity index (χ3v) is 13.7. The number of aromatic nitrogens is 3. The molecule has 0 saturated heterocycles. The van der Waals surface area contributed by atoms with E-state index in [1.807, 2.05) is 23.5 Å². The molecule has 0 fully saturated rings. The van der Waals surface area contributed by atoms with Gasteiger partial charge in [0.2, 0.25) is 0 Å². The van der Waals surface area contributed by atoms with Gasteiger partial charge in [0.05, 0.1) is 0 Å². The standard InChI is InChI=1S/C61H39N3S/c1-3-16-42(17-4-1)46-20-7-11-25-55(46)60-62-59(63-61(64-60)56-26-12-8-21-47(56)43-18-5-2-6-19-43)45-36-32-41(33-37-45)40-30-34-44(35-31-40)48-38-39-51(50-23-10-9-22-49(48)50)53-27-15-28-54-52-24-13-14-29-57(52)65-58(53)54/h1-39H. The Morgan fingerprint density at radius 3 is 1.22 bits per heavy atom. The lowest BCUT2D eigenvalue weighted by atomic mass is 9.91. The molecule has 2 aromatic heterocycles. The lowest BCUT2D eigenvalue weighted by molar-refractivity contribution is 1.07. The highest BCUT2D eigenvalue weighted by Gasteiger charge is 2.19. The van der Waals surface area contributed by atoms with Crippen LogP contribution >= 0.6 is 11.3 Å². The van der Waals surface area contributed by atoms with Crippen LogP contribution in [0.3, 0.4) is 0 Å². The molecule has 0 atom stereocenters. The minimum Gasteiger partial charge on any atom is -0.208 e. The average Bonchev–Trinajstić information content (AvgIpc) is 3.78. The predicted octanol–water partition coefficient (Wildman–Crippen LogP) is 16.7. The molecule has 4 heteroatoms. The zero-order valence-corrected chi connectivity index (χ0v) is 36.1. The van der Waals surface area contributed by atoms with Gasteiger partial charge in [-0.25, -0.2) is 15.0 Å². The number of nitrogens with zero attached hydrogens (tertiary/aromatic N) is 3. The van der Waals surface area contributed by atoms with Gasteiger partial charge in [-0.05, 0) is 66.9 Å². The van der Waals surface area contributed by atoms with Crippen LogP contribution in [-0.2, 0) is 0 Å².